The molecule has 0 unspecified atom stereocenters. The van der Waals surface area contributed by atoms with E-state index in [1.807, 2.05) is 28.9 Å². The van der Waals surface area contributed by atoms with Gasteiger partial charge in [0.15, 0.2) is 0 Å². The number of amides is 2. The number of imide groups is 1. The summed E-state index contributed by atoms with van der Waals surface area (Å²) >= 11 is 0. The number of rotatable bonds is 13. The molecule has 4 heteroatoms. The molecular formula is C24H40NO2P. The summed E-state index contributed by atoms with van der Waals surface area (Å²) in [5.41, 5.74) is 1.25. The Labute approximate surface area is 172 Å². The molecule has 2 rings (SSSR count). The van der Waals surface area contributed by atoms with Crippen LogP contribution in [0.4, 0.5) is 0 Å². The first-order valence-corrected chi connectivity index (χ1v) is 14.4. The molecular weight excluding hydrogens is 365 g/mol. The Kier molecular flexibility index (Phi) is 8.25. The van der Waals surface area contributed by atoms with Crippen molar-refractivity contribution in [3.63, 3.8) is 0 Å². The molecule has 1 aromatic rings. The van der Waals surface area contributed by atoms with Crippen LogP contribution >= 0.6 is 6.75 Å². The number of carbonyl (C=O) groups excluding carboxylic acids is 2. The molecule has 0 bridgehead atoms. The third-order valence-electron chi connectivity index (χ3n) is 6.68. The van der Waals surface area contributed by atoms with Crippen molar-refractivity contribution >= 4 is 18.6 Å². The molecule has 1 heterocycles. The van der Waals surface area contributed by atoms with Crippen molar-refractivity contribution in [3.8, 4) is 0 Å². The number of benzene rings is 1. The fraction of sp³-hybridized carbons (Fsp3) is 0.667. The number of nitrogens with zero attached hydrogens (tertiary/aromatic N) is 1. The molecule has 0 fully saturated rings. The molecule has 0 N–H and O–H groups in total. The topological polar surface area (TPSA) is 37.4 Å². The fourth-order valence-electron chi connectivity index (χ4n) is 5.02. The Morgan fingerprint density at radius 1 is 0.643 bits per heavy atom. The molecule has 3 nitrogen and oxygen atoms in total. The van der Waals surface area contributed by atoms with Crippen LogP contribution in [-0.4, -0.2) is 41.1 Å². The van der Waals surface area contributed by atoms with Gasteiger partial charge in [-0.1, -0.05) is 0 Å². The van der Waals surface area contributed by atoms with Crippen LogP contribution in [0.25, 0.3) is 0 Å². The van der Waals surface area contributed by atoms with Crippen molar-refractivity contribution < 1.29 is 9.59 Å². The molecule has 1 aliphatic rings. The fourth-order valence-corrected chi connectivity index (χ4v) is 12.9. The Balaban J connectivity index is 2.66. The number of hydrogen-bond donors (Lipinski definition) is 0. The van der Waals surface area contributed by atoms with Crippen molar-refractivity contribution in [1.29, 1.82) is 0 Å². The predicted octanol–water partition coefficient (Wildman–Crippen LogP) is 6.95. The Morgan fingerprint density at radius 3 is 1.25 bits per heavy atom. The van der Waals surface area contributed by atoms with Gasteiger partial charge < -0.3 is 0 Å². The Bertz CT molecular complexity index is 606. The molecule has 0 saturated carbocycles. The average molecular weight is 406 g/mol. The maximum atomic E-state index is 13.6. The average Bonchev–Trinajstić information content (AvgIpc) is 2.99. The van der Waals surface area contributed by atoms with E-state index < -0.39 is 6.75 Å². The van der Waals surface area contributed by atoms with E-state index in [1.165, 1.54) is 0 Å². The monoisotopic (exact) mass is 405 g/mol. The van der Waals surface area contributed by atoms with Gasteiger partial charge in [-0.25, -0.2) is 0 Å². The van der Waals surface area contributed by atoms with Gasteiger partial charge in [0.25, 0.3) is 0 Å². The number of hydrogen-bond acceptors (Lipinski definition) is 2. The maximum absolute atomic E-state index is 13.6. The van der Waals surface area contributed by atoms with E-state index in [0.29, 0.717) is 11.1 Å². The van der Waals surface area contributed by atoms with Crippen LogP contribution in [0, 0.1) is 0 Å². The molecule has 28 heavy (non-hydrogen) atoms. The van der Waals surface area contributed by atoms with Crippen molar-refractivity contribution in [2.75, 3.05) is 24.6 Å². The van der Waals surface area contributed by atoms with E-state index in [2.05, 4.69) is 27.7 Å². The summed E-state index contributed by atoms with van der Waals surface area (Å²) in [6, 6.07) is 7.47. The first kappa shape index (κ1) is 23.1. The van der Waals surface area contributed by atoms with Gasteiger partial charge in [-0.3, -0.25) is 0 Å². The van der Waals surface area contributed by atoms with Crippen LogP contribution in [0.5, 0.6) is 0 Å². The molecule has 0 radical (unpaired) electrons. The molecule has 0 atom stereocenters. The van der Waals surface area contributed by atoms with E-state index in [-0.39, 0.29) is 11.8 Å². The first-order valence-electron chi connectivity index (χ1n) is 11.5. The van der Waals surface area contributed by atoms with Crippen LogP contribution < -0.4 is 0 Å². The van der Waals surface area contributed by atoms with Gasteiger partial charge >= 0.3 is 172 Å². The van der Waals surface area contributed by atoms with Crippen LogP contribution in [0.15, 0.2) is 24.3 Å². The van der Waals surface area contributed by atoms with Gasteiger partial charge in [0.05, 0.1) is 0 Å². The second kappa shape index (κ2) is 10.0. The molecule has 0 saturated heterocycles. The van der Waals surface area contributed by atoms with Crippen molar-refractivity contribution in [3.05, 3.63) is 35.4 Å². The van der Waals surface area contributed by atoms with E-state index in [9.17, 15) is 9.59 Å². The summed E-state index contributed by atoms with van der Waals surface area (Å²) in [7, 11) is 0. The third-order valence-corrected chi connectivity index (χ3v) is 14.0. The summed E-state index contributed by atoms with van der Waals surface area (Å²) < 4.78 is 1.90. The predicted molar refractivity (Wildman–Crippen MR) is 123 cm³/mol. The Morgan fingerprint density at radius 2 is 0.964 bits per heavy atom. The first-order chi connectivity index (χ1) is 13.5. The minimum atomic E-state index is -2.69. The third kappa shape index (κ3) is 4.20. The van der Waals surface area contributed by atoms with Crippen molar-refractivity contribution in [1.82, 2.24) is 4.67 Å². The molecule has 1 aliphatic heterocycles. The van der Waals surface area contributed by atoms with Gasteiger partial charge in [-0.2, -0.15) is 0 Å². The van der Waals surface area contributed by atoms with Gasteiger partial charge in [0.2, 0.25) is 0 Å². The van der Waals surface area contributed by atoms with Crippen molar-refractivity contribution in [2.45, 2.75) is 79.1 Å². The summed E-state index contributed by atoms with van der Waals surface area (Å²) in [4.78, 5) is 27.3. The van der Waals surface area contributed by atoms with Gasteiger partial charge in [-0.05, 0) is 0 Å². The quantitative estimate of drug-likeness (QED) is 0.263. The second-order valence-electron chi connectivity index (χ2n) is 8.68. The van der Waals surface area contributed by atoms with Crippen molar-refractivity contribution in [2.24, 2.45) is 0 Å². The number of fused-ring (bicyclic) bond motifs is 1. The SMILES string of the molecule is CCCCP(CCCC)(CCCC)(CCCC)N1C(=O)c2ccccc2C1=O. The molecule has 1 aromatic carbocycles. The molecule has 158 valence electrons. The van der Waals surface area contributed by atoms with E-state index in [1.54, 1.807) is 0 Å². The Hall–Kier alpha value is -1.21. The zero-order chi connectivity index (χ0) is 20.6. The molecule has 2 amide bonds. The second-order valence-corrected chi connectivity index (χ2v) is 14.7. The molecule has 0 spiro atoms. The van der Waals surface area contributed by atoms with Crippen LogP contribution in [0.2, 0.25) is 0 Å². The summed E-state index contributed by atoms with van der Waals surface area (Å²) in [6.45, 7) is 6.22. The standard InChI is InChI=1S/C24H40NO2P/c1-5-9-17-28(18-10-6-2,19-11-7-3,20-12-8-4)25-23(26)21-15-13-14-16-22(21)24(25)27/h13-16H,5-12,17-20H2,1-4H3. The zero-order valence-corrected chi connectivity index (χ0v) is 19.4. The summed E-state index contributed by atoms with van der Waals surface area (Å²) in [6.07, 6.45) is 13.2. The number of unbranched alkanes of at least 4 members (excludes halogenated alkanes) is 4. The summed E-state index contributed by atoms with van der Waals surface area (Å²) in [5.74, 6) is -0.00430. The van der Waals surface area contributed by atoms with Gasteiger partial charge in [-0.15, -0.1) is 0 Å². The van der Waals surface area contributed by atoms with E-state index in [4.69, 9.17) is 0 Å². The molecule has 0 aliphatic carbocycles. The zero-order valence-electron chi connectivity index (χ0n) is 18.5. The van der Waals surface area contributed by atoms with Gasteiger partial charge in [0, 0.05) is 0 Å². The normalized spacial score (nSPS) is 15.6. The van der Waals surface area contributed by atoms with Crippen LogP contribution in [-0.2, 0) is 0 Å². The minimum absolute atomic E-state index is 0.00215. The van der Waals surface area contributed by atoms with Crippen LogP contribution in [0.1, 0.15) is 99.8 Å². The van der Waals surface area contributed by atoms with Crippen LogP contribution in [0.3, 0.4) is 0 Å². The van der Waals surface area contributed by atoms with Gasteiger partial charge in [0.1, 0.15) is 0 Å². The summed E-state index contributed by atoms with van der Waals surface area (Å²) in [5, 5.41) is 0. The van der Waals surface area contributed by atoms with E-state index in [0.717, 1.165) is 76.0 Å². The van der Waals surface area contributed by atoms with E-state index >= 15 is 0 Å². The number of carbonyl (C=O) groups is 2. The molecule has 0 aromatic heterocycles.